The van der Waals surface area contributed by atoms with E-state index in [-0.39, 0.29) is 22.6 Å². The molecule has 1 heterocycles. The minimum Gasteiger partial charge on any atom is -0.478 e. The highest BCUT2D eigenvalue weighted by Gasteiger charge is 2.23. The number of carboxylic acid groups (broad SMARTS) is 2. The van der Waals surface area contributed by atoms with Crippen LogP contribution in [0.25, 0.3) is 0 Å². The van der Waals surface area contributed by atoms with Crippen LogP contribution in [0.4, 0.5) is 5.69 Å². The van der Waals surface area contributed by atoms with E-state index in [4.69, 9.17) is 33.4 Å². The highest BCUT2D eigenvalue weighted by Crippen LogP contribution is 2.35. The highest BCUT2D eigenvalue weighted by molar-refractivity contribution is 6.43. The second-order valence-electron chi connectivity index (χ2n) is 4.08. The molecule has 104 valence electrons. The Labute approximate surface area is 124 Å². The summed E-state index contributed by atoms with van der Waals surface area (Å²) >= 11 is 12.0. The fraction of sp³-hybridized carbons (Fsp3) is 0.0769. The van der Waals surface area contributed by atoms with E-state index in [0.29, 0.717) is 10.7 Å². The third kappa shape index (κ3) is 2.79. The zero-order valence-electron chi connectivity index (χ0n) is 10.0. The molecule has 0 saturated carbocycles. The fourth-order valence-corrected chi connectivity index (χ4v) is 2.16. The fourth-order valence-electron chi connectivity index (χ4n) is 1.76. The molecule has 2 rings (SSSR count). The SMILES string of the molecule is O=C(O)C1=CN(c2cccc(Cl)c2Cl)C=C(C(=O)O)C1. The molecule has 0 spiro atoms. The second kappa shape index (κ2) is 5.56. The quantitative estimate of drug-likeness (QED) is 0.896. The highest BCUT2D eigenvalue weighted by atomic mass is 35.5. The average Bonchev–Trinajstić information content (AvgIpc) is 2.41. The summed E-state index contributed by atoms with van der Waals surface area (Å²) in [5, 5.41) is 18.6. The van der Waals surface area contributed by atoms with Gasteiger partial charge in [-0.2, -0.15) is 0 Å². The van der Waals surface area contributed by atoms with Gasteiger partial charge in [0.05, 0.1) is 26.9 Å². The van der Waals surface area contributed by atoms with Crippen molar-refractivity contribution in [3.05, 3.63) is 51.8 Å². The maximum atomic E-state index is 11.1. The molecular weight excluding hydrogens is 305 g/mol. The number of benzene rings is 1. The number of carbonyl (C=O) groups is 2. The summed E-state index contributed by atoms with van der Waals surface area (Å²) in [6.07, 6.45) is 2.50. The van der Waals surface area contributed by atoms with Crippen molar-refractivity contribution in [1.29, 1.82) is 0 Å². The minimum absolute atomic E-state index is 0.0408. The predicted octanol–water partition coefficient (Wildman–Crippen LogP) is 3.14. The lowest BCUT2D eigenvalue weighted by Gasteiger charge is -2.23. The van der Waals surface area contributed by atoms with Gasteiger partial charge in [-0.05, 0) is 12.1 Å². The number of hydrogen-bond donors (Lipinski definition) is 2. The predicted molar refractivity (Wildman–Crippen MR) is 75.0 cm³/mol. The van der Waals surface area contributed by atoms with Crippen LogP contribution in [-0.2, 0) is 9.59 Å². The first-order valence-electron chi connectivity index (χ1n) is 5.50. The summed E-state index contributed by atoms with van der Waals surface area (Å²) in [5.41, 5.74) is 0.332. The molecule has 0 atom stereocenters. The Morgan fingerprint density at radius 3 is 2.10 bits per heavy atom. The van der Waals surface area contributed by atoms with Gasteiger partial charge in [-0.15, -0.1) is 0 Å². The minimum atomic E-state index is -1.18. The van der Waals surface area contributed by atoms with E-state index in [1.165, 1.54) is 17.3 Å². The maximum Gasteiger partial charge on any atom is 0.333 e. The van der Waals surface area contributed by atoms with Crippen LogP contribution in [0.3, 0.4) is 0 Å². The van der Waals surface area contributed by atoms with Crippen LogP contribution >= 0.6 is 23.2 Å². The van der Waals surface area contributed by atoms with Gasteiger partial charge in [0.25, 0.3) is 0 Å². The van der Waals surface area contributed by atoms with Crippen LogP contribution in [0.1, 0.15) is 6.42 Å². The van der Waals surface area contributed by atoms with Crippen molar-refractivity contribution >= 4 is 40.8 Å². The Balaban J connectivity index is 2.52. The lowest BCUT2D eigenvalue weighted by molar-refractivity contribution is -0.133. The van der Waals surface area contributed by atoms with Crippen LogP contribution < -0.4 is 4.90 Å². The van der Waals surface area contributed by atoms with Crippen molar-refractivity contribution < 1.29 is 19.8 Å². The van der Waals surface area contributed by atoms with Gasteiger partial charge in [-0.25, -0.2) is 9.59 Å². The second-order valence-corrected chi connectivity index (χ2v) is 4.86. The monoisotopic (exact) mass is 313 g/mol. The Morgan fingerprint density at radius 1 is 1.05 bits per heavy atom. The maximum absolute atomic E-state index is 11.1. The van der Waals surface area contributed by atoms with Gasteiger partial charge in [0.1, 0.15) is 0 Å². The van der Waals surface area contributed by atoms with Crippen LogP contribution in [0.15, 0.2) is 41.7 Å². The first-order chi connectivity index (χ1) is 9.40. The van der Waals surface area contributed by atoms with Crippen molar-refractivity contribution in [2.75, 3.05) is 4.90 Å². The number of rotatable bonds is 3. The molecule has 0 saturated heterocycles. The molecule has 5 nitrogen and oxygen atoms in total. The van der Waals surface area contributed by atoms with Gasteiger partial charge < -0.3 is 15.1 Å². The summed E-state index contributed by atoms with van der Waals surface area (Å²) in [5.74, 6) is -2.36. The molecule has 0 bridgehead atoms. The summed E-state index contributed by atoms with van der Waals surface area (Å²) < 4.78 is 0. The molecule has 1 aliphatic heterocycles. The van der Waals surface area contributed by atoms with Gasteiger partial charge in [0.2, 0.25) is 0 Å². The summed E-state index contributed by atoms with van der Waals surface area (Å²) in [7, 11) is 0. The molecule has 1 aromatic rings. The summed E-state index contributed by atoms with van der Waals surface area (Å²) in [6.45, 7) is 0. The molecule has 1 aromatic carbocycles. The average molecular weight is 314 g/mol. The molecule has 20 heavy (non-hydrogen) atoms. The lowest BCUT2D eigenvalue weighted by Crippen LogP contribution is -2.21. The lowest BCUT2D eigenvalue weighted by atomic mass is 10.0. The van der Waals surface area contributed by atoms with Gasteiger partial charge in [0, 0.05) is 18.8 Å². The van der Waals surface area contributed by atoms with Gasteiger partial charge in [-0.3, -0.25) is 0 Å². The van der Waals surface area contributed by atoms with E-state index in [1.807, 2.05) is 0 Å². The molecule has 0 amide bonds. The van der Waals surface area contributed by atoms with Crippen molar-refractivity contribution in [1.82, 2.24) is 0 Å². The standard InChI is InChI=1S/C13H9Cl2NO4/c14-9-2-1-3-10(11(9)15)16-5-7(12(17)18)4-8(6-16)13(19)20/h1-3,5-6H,4H2,(H,17,18)(H,19,20). The summed E-state index contributed by atoms with van der Waals surface area (Å²) in [4.78, 5) is 23.5. The van der Waals surface area contributed by atoms with Crippen molar-refractivity contribution in [2.24, 2.45) is 0 Å². The van der Waals surface area contributed by atoms with E-state index < -0.39 is 11.9 Å². The van der Waals surface area contributed by atoms with Gasteiger partial charge in [0.15, 0.2) is 0 Å². The molecule has 1 aliphatic rings. The zero-order chi connectivity index (χ0) is 14.9. The zero-order valence-corrected chi connectivity index (χ0v) is 11.5. The number of hydrogen-bond acceptors (Lipinski definition) is 3. The van der Waals surface area contributed by atoms with E-state index in [2.05, 4.69) is 0 Å². The van der Waals surface area contributed by atoms with Crippen LogP contribution in [0, 0.1) is 0 Å². The van der Waals surface area contributed by atoms with E-state index in [1.54, 1.807) is 18.2 Å². The molecule has 2 N–H and O–H groups in total. The number of anilines is 1. The van der Waals surface area contributed by atoms with E-state index >= 15 is 0 Å². The van der Waals surface area contributed by atoms with Crippen LogP contribution in [-0.4, -0.2) is 22.2 Å². The van der Waals surface area contributed by atoms with Crippen LogP contribution in [0.5, 0.6) is 0 Å². The first-order valence-corrected chi connectivity index (χ1v) is 6.26. The summed E-state index contributed by atoms with van der Waals surface area (Å²) in [6, 6.07) is 4.84. The van der Waals surface area contributed by atoms with Crippen LogP contribution in [0.2, 0.25) is 10.0 Å². The normalized spacial score (nSPS) is 14.6. The molecule has 0 fully saturated rings. The molecule has 0 aliphatic carbocycles. The largest absolute Gasteiger partial charge is 0.478 e. The Kier molecular flexibility index (Phi) is 4.01. The number of carboxylic acids is 2. The van der Waals surface area contributed by atoms with Crippen molar-refractivity contribution in [3.63, 3.8) is 0 Å². The smallest absolute Gasteiger partial charge is 0.333 e. The van der Waals surface area contributed by atoms with Gasteiger partial charge in [-0.1, -0.05) is 29.3 Å². The Hall–Kier alpha value is -1.98. The van der Waals surface area contributed by atoms with E-state index in [9.17, 15) is 9.59 Å². The Morgan fingerprint density at radius 2 is 1.60 bits per heavy atom. The third-order valence-corrected chi connectivity index (χ3v) is 3.54. The Bertz CT molecular complexity index is 622. The van der Waals surface area contributed by atoms with E-state index in [0.717, 1.165) is 0 Å². The number of aliphatic carboxylic acids is 2. The molecule has 7 heteroatoms. The van der Waals surface area contributed by atoms with Gasteiger partial charge >= 0.3 is 11.9 Å². The molecular formula is C13H9Cl2NO4. The topological polar surface area (TPSA) is 77.8 Å². The van der Waals surface area contributed by atoms with Crippen molar-refractivity contribution in [3.8, 4) is 0 Å². The number of nitrogens with zero attached hydrogens (tertiary/aromatic N) is 1. The molecule has 0 unspecified atom stereocenters. The third-order valence-electron chi connectivity index (χ3n) is 2.73. The number of halogens is 2. The van der Waals surface area contributed by atoms with Crippen molar-refractivity contribution in [2.45, 2.75) is 6.42 Å². The molecule has 0 aromatic heterocycles. The molecule has 0 radical (unpaired) electrons. The first kappa shape index (κ1) is 14.4.